The van der Waals surface area contributed by atoms with Crippen molar-refractivity contribution < 1.29 is 24.1 Å². The molecule has 0 aliphatic carbocycles. The van der Waals surface area contributed by atoms with Gasteiger partial charge in [0.25, 0.3) is 0 Å². The van der Waals surface area contributed by atoms with Gasteiger partial charge in [-0.3, -0.25) is 4.99 Å². The molecule has 32 heavy (non-hydrogen) atoms. The number of aliphatic imine (C=N–C) groups is 1. The smallest absolute Gasteiger partial charge is 0.194 e. The van der Waals surface area contributed by atoms with Gasteiger partial charge < -0.3 is 34.3 Å². The molecule has 0 fully saturated rings. The van der Waals surface area contributed by atoms with Crippen molar-refractivity contribution >= 4 is 29.9 Å². The van der Waals surface area contributed by atoms with Gasteiger partial charge in [0, 0.05) is 37.8 Å². The lowest BCUT2D eigenvalue weighted by Gasteiger charge is -2.24. The highest BCUT2D eigenvalue weighted by atomic mass is 127. The number of halogens is 1. The number of aliphatic hydroxyl groups excluding tert-OH is 1. The van der Waals surface area contributed by atoms with Crippen LogP contribution >= 0.6 is 24.0 Å². The Labute approximate surface area is 207 Å². The third-order valence-corrected chi connectivity index (χ3v) is 4.77. The Morgan fingerprint density at radius 1 is 0.969 bits per heavy atom. The summed E-state index contributed by atoms with van der Waals surface area (Å²) in [5.74, 6) is 3.39. The maximum atomic E-state index is 10.7. The maximum absolute atomic E-state index is 10.7. The molecule has 0 bridgehead atoms. The molecule has 178 valence electrons. The Balaban J connectivity index is 0.00000512. The average molecular weight is 559 g/mol. The molecule has 0 saturated carbocycles. The first kappa shape index (κ1) is 27.6. The summed E-state index contributed by atoms with van der Waals surface area (Å²) in [5, 5.41) is 14.0. The van der Waals surface area contributed by atoms with E-state index in [1.807, 2.05) is 37.1 Å². The quantitative estimate of drug-likeness (QED) is 0.262. The van der Waals surface area contributed by atoms with Crippen molar-refractivity contribution in [2.24, 2.45) is 4.99 Å². The predicted molar refractivity (Wildman–Crippen MR) is 137 cm³/mol. The Hall–Kier alpha value is -2.40. The number of rotatable bonds is 10. The van der Waals surface area contributed by atoms with Crippen molar-refractivity contribution in [3.05, 3.63) is 47.5 Å². The topological polar surface area (TPSA) is 84.8 Å². The van der Waals surface area contributed by atoms with Gasteiger partial charge in [-0.25, -0.2) is 0 Å². The molecule has 0 aliphatic rings. The van der Waals surface area contributed by atoms with E-state index in [2.05, 4.69) is 10.3 Å². The molecule has 9 heteroatoms. The lowest BCUT2D eigenvalue weighted by molar-refractivity contribution is 0.185. The molecule has 0 heterocycles. The summed E-state index contributed by atoms with van der Waals surface area (Å²) >= 11 is 0. The molecule has 1 atom stereocenters. The number of hydrogen-bond donors (Lipinski definition) is 2. The van der Waals surface area contributed by atoms with Crippen LogP contribution in [0.25, 0.3) is 0 Å². The van der Waals surface area contributed by atoms with E-state index in [-0.39, 0.29) is 30.5 Å². The van der Waals surface area contributed by atoms with E-state index < -0.39 is 6.10 Å². The lowest BCUT2D eigenvalue weighted by atomic mass is 10.1. The summed E-state index contributed by atoms with van der Waals surface area (Å²) in [6.07, 6.45) is -0.804. The monoisotopic (exact) mass is 559 g/mol. The SMILES string of the molecule is CCNC(=NCC(O)c1cc(OC)cc(OC)c1)N(C)Cc1ccc(OC)cc1OC.I. The van der Waals surface area contributed by atoms with Crippen LogP contribution in [0.2, 0.25) is 0 Å². The highest BCUT2D eigenvalue weighted by molar-refractivity contribution is 14.0. The van der Waals surface area contributed by atoms with Crippen molar-refractivity contribution in [1.82, 2.24) is 10.2 Å². The number of hydrogen-bond acceptors (Lipinski definition) is 6. The fourth-order valence-electron chi connectivity index (χ4n) is 3.08. The van der Waals surface area contributed by atoms with Crippen molar-refractivity contribution in [3.8, 4) is 23.0 Å². The van der Waals surface area contributed by atoms with E-state index in [9.17, 15) is 5.11 Å². The number of ether oxygens (including phenoxy) is 4. The number of nitrogens with zero attached hydrogens (tertiary/aromatic N) is 2. The number of guanidine groups is 1. The average Bonchev–Trinajstić information content (AvgIpc) is 2.81. The fourth-order valence-corrected chi connectivity index (χ4v) is 3.08. The van der Waals surface area contributed by atoms with Crippen LogP contribution in [0.1, 0.15) is 24.2 Å². The summed E-state index contributed by atoms with van der Waals surface area (Å²) < 4.78 is 21.3. The molecular weight excluding hydrogens is 525 g/mol. The summed E-state index contributed by atoms with van der Waals surface area (Å²) in [5.41, 5.74) is 1.67. The van der Waals surface area contributed by atoms with Crippen molar-refractivity contribution in [1.29, 1.82) is 0 Å². The van der Waals surface area contributed by atoms with Crippen LogP contribution in [-0.4, -0.2) is 64.5 Å². The Kier molecular flexibility index (Phi) is 12.0. The number of methoxy groups -OCH3 is 4. The third-order valence-electron chi connectivity index (χ3n) is 4.77. The highest BCUT2D eigenvalue weighted by Crippen LogP contribution is 2.27. The second-order valence-electron chi connectivity index (χ2n) is 6.89. The summed E-state index contributed by atoms with van der Waals surface area (Å²) in [7, 11) is 8.35. The predicted octanol–water partition coefficient (Wildman–Crippen LogP) is 3.47. The van der Waals surface area contributed by atoms with Crippen LogP contribution in [0.4, 0.5) is 0 Å². The molecule has 0 radical (unpaired) electrons. The van der Waals surface area contributed by atoms with E-state index in [0.29, 0.717) is 36.1 Å². The maximum Gasteiger partial charge on any atom is 0.194 e. The minimum absolute atomic E-state index is 0. The Morgan fingerprint density at radius 2 is 1.59 bits per heavy atom. The second kappa shape index (κ2) is 13.9. The first-order chi connectivity index (χ1) is 14.9. The molecule has 8 nitrogen and oxygen atoms in total. The van der Waals surface area contributed by atoms with Crippen LogP contribution in [-0.2, 0) is 6.54 Å². The van der Waals surface area contributed by atoms with E-state index in [1.165, 1.54) is 0 Å². The molecule has 0 spiro atoms. The van der Waals surface area contributed by atoms with Crippen LogP contribution < -0.4 is 24.3 Å². The molecule has 0 amide bonds. The standard InChI is InChI=1S/C23H33N3O5.HI/c1-7-24-23(26(2)15-16-8-9-18(28-3)13-22(16)31-6)25-14-21(27)17-10-19(29-4)12-20(11-17)30-5;/h8-13,21,27H,7,14-15H2,1-6H3,(H,24,25);1H. The van der Waals surface area contributed by atoms with Crippen molar-refractivity contribution in [2.75, 3.05) is 48.6 Å². The highest BCUT2D eigenvalue weighted by Gasteiger charge is 2.14. The summed E-state index contributed by atoms with van der Waals surface area (Å²) in [4.78, 5) is 6.60. The minimum Gasteiger partial charge on any atom is -0.497 e. The van der Waals surface area contributed by atoms with Crippen LogP contribution in [0.3, 0.4) is 0 Å². The molecule has 2 N–H and O–H groups in total. The van der Waals surface area contributed by atoms with Crippen molar-refractivity contribution in [2.45, 2.75) is 19.6 Å². The summed E-state index contributed by atoms with van der Waals surface area (Å²) in [6.45, 7) is 3.46. The molecule has 1 unspecified atom stereocenters. The van der Waals surface area contributed by atoms with Gasteiger partial charge in [0.2, 0.25) is 0 Å². The normalized spacial score (nSPS) is 11.8. The van der Waals surface area contributed by atoms with E-state index in [4.69, 9.17) is 18.9 Å². The molecular formula is C23H34IN3O5. The third kappa shape index (κ3) is 7.63. The van der Waals surface area contributed by atoms with Crippen LogP contribution in [0.15, 0.2) is 41.4 Å². The molecule has 2 aromatic rings. The molecule has 0 aliphatic heterocycles. The van der Waals surface area contributed by atoms with Gasteiger partial charge in [0.05, 0.1) is 41.1 Å². The first-order valence-electron chi connectivity index (χ1n) is 10.1. The van der Waals surface area contributed by atoms with Crippen LogP contribution in [0.5, 0.6) is 23.0 Å². The van der Waals surface area contributed by atoms with E-state index >= 15 is 0 Å². The molecule has 2 aromatic carbocycles. The van der Waals surface area contributed by atoms with Gasteiger partial charge in [-0.1, -0.05) is 0 Å². The molecule has 0 aromatic heterocycles. The van der Waals surface area contributed by atoms with Crippen LogP contribution in [0, 0.1) is 0 Å². The Morgan fingerprint density at radius 3 is 2.12 bits per heavy atom. The fraction of sp³-hybridized carbons (Fsp3) is 0.435. The first-order valence-corrected chi connectivity index (χ1v) is 10.1. The van der Waals surface area contributed by atoms with E-state index in [0.717, 1.165) is 17.1 Å². The number of aliphatic hydroxyl groups is 1. The molecule has 2 rings (SSSR count). The van der Waals surface area contributed by atoms with Gasteiger partial charge in [-0.15, -0.1) is 24.0 Å². The van der Waals surface area contributed by atoms with Gasteiger partial charge in [0.15, 0.2) is 5.96 Å². The van der Waals surface area contributed by atoms with Gasteiger partial charge >= 0.3 is 0 Å². The summed E-state index contributed by atoms with van der Waals surface area (Å²) in [6, 6.07) is 11.0. The zero-order valence-electron chi connectivity index (χ0n) is 19.5. The largest absolute Gasteiger partial charge is 0.497 e. The second-order valence-corrected chi connectivity index (χ2v) is 6.89. The zero-order chi connectivity index (χ0) is 22.8. The van der Waals surface area contributed by atoms with Gasteiger partial charge in [0.1, 0.15) is 23.0 Å². The van der Waals surface area contributed by atoms with Gasteiger partial charge in [-0.05, 0) is 36.8 Å². The van der Waals surface area contributed by atoms with Crippen molar-refractivity contribution in [3.63, 3.8) is 0 Å². The Bertz CT molecular complexity index is 856. The van der Waals surface area contributed by atoms with E-state index in [1.54, 1.807) is 46.6 Å². The molecule has 0 saturated heterocycles. The zero-order valence-corrected chi connectivity index (χ0v) is 21.9. The lowest BCUT2D eigenvalue weighted by Crippen LogP contribution is -2.38. The van der Waals surface area contributed by atoms with Gasteiger partial charge in [-0.2, -0.15) is 0 Å². The number of nitrogens with one attached hydrogen (secondary N) is 1. The minimum atomic E-state index is -0.804. The number of benzene rings is 2.